The standard InChI is InChI=1S/C16H23NO2/c1-11-4-5-14(10-12(11)2)13(3)17(15-6-7-15)9-8-16(18)19/h4-5,10,13,15H,6-9H2,1-3H3,(H,18,19). The zero-order valence-corrected chi connectivity index (χ0v) is 12.0. The van der Waals surface area contributed by atoms with Crippen LogP contribution in [0.25, 0.3) is 0 Å². The molecule has 0 aliphatic heterocycles. The molecule has 0 bridgehead atoms. The van der Waals surface area contributed by atoms with Crippen LogP contribution in [-0.2, 0) is 4.79 Å². The van der Waals surface area contributed by atoms with Crippen LogP contribution in [0.3, 0.4) is 0 Å². The molecule has 1 N–H and O–H groups in total. The molecule has 0 saturated heterocycles. The van der Waals surface area contributed by atoms with Gasteiger partial charge in [-0.3, -0.25) is 9.69 Å². The first-order chi connectivity index (χ1) is 8.99. The van der Waals surface area contributed by atoms with E-state index in [2.05, 4.69) is 43.9 Å². The maximum Gasteiger partial charge on any atom is 0.304 e. The van der Waals surface area contributed by atoms with Crippen molar-refractivity contribution in [2.75, 3.05) is 6.54 Å². The van der Waals surface area contributed by atoms with Crippen LogP contribution in [0, 0.1) is 13.8 Å². The van der Waals surface area contributed by atoms with Crippen molar-refractivity contribution in [3.63, 3.8) is 0 Å². The SMILES string of the molecule is Cc1ccc(C(C)N(CCC(=O)O)C2CC2)cc1C. The number of aliphatic carboxylic acids is 1. The van der Waals surface area contributed by atoms with E-state index < -0.39 is 5.97 Å². The molecule has 1 unspecified atom stereocenters. The number of aryl methyl sites for hydroxylation is 2. The number of carbonyl (C=O) groups is 1. The minimum Gasteiger partial charge on any atom is -0.481 e. The minimum absolute atomic E-state index is 0.228. The minimum atomic E-state index is -0.710. The van der Waals surface area contributed by atoms with E-state index >= 15 is 0 Å². The fourth-order valence-electron chi connectivity index (χ4n) is 2.54. The van der Waals surface area contributed by atoms with Gasteiger partial charge in [0.1, 0.15) is 0 Å². The number of hydrogen-bond donors (Lipinski definition) is 1. The van der Waals surface area contributed by atoms with Gasteiger partial charge in [0.15, 0.2) is 0 Å². The first-order valence-electron chi connectivity index (χ1n) is 7.03. The van der Waals surface area contributed by atoms with Crippen molar-refractivity contribution in [2.24, 2.45) is 0 Å². The summed E-state index contributed by atoms with van der Waals surface area (Å²) < 4.78 is 0. The van der Waals surface area contributed by atoms with Gasteiger partial charge in [0.2, 0.25) is 0 Å². The Balaban J connectivity index is 2.11. The number of rotatable bonds is 6. The Bertz CT molecular complexity index is 466. The maximum absolute atomic E-state index is 10.8. The third kappa shape index (κ3) is 3.57. The lowest BCUT2D eigenvalue weighted by molar-refractivity contribution is -0.137. The molecular weight excluding hydrogens is 238 g/mol. The van der Waals surface area contributed by atoms with E-state index in [4.69, 9.17) is 5.11 Å². The van der Waals surface area contributed by atoms with Crippen LogP contribution in [0.15, 0.2) is 18.2 Å². The van der Waals surface area contributed by atoms with E-state index in [1.807, 2.05) is 0 Å². The molecule has 0 heterocycles. The van der Waals surface area contributed by atoms with Crippen LogP contribution >= 0.6 is 0 Å². The lowest BCUT2D eigenvalue weighted by Gasteiger charge is -2.29. The molecule has 0 aromatic heterocycles. The van der Waals surface area contributed by atoms with Gasteiger partial charge in [0.05, 0.1) is 6.42 Å². The maximum atomic E-state index is 10.8. The van der Waals surface area contributed by atoms with E-state index in [9.17, 15) is 4.79 Å². The average Bonchev–Trinajstić information content (AvgIpc) is 3.16. The van der Waals surface area contributed by atoms with Gasteiger partial charge in [-0.25, -0.2) is 0 Å². The lowest BCUT2D eigenvalue weighted by Crippen LogP contribution is -2.31. The number of nitrogens with zero attached hydrogens (tertiary/aromatic N) is 1. The third-order valence-electron chi connectivity index (χ3n) is 4.11. The molecule has 19 heavy (non-hydrogen) atoms. The molecule has 1 atom stereocenters. The van der Waals surface area contributed by atoms with E-state index in [0.717, 1.165) is 0 Å². The Morgan fingerprint density at radius 2 is 2.05 bits per heavy atom. The number of hydrogen-bond acceptors (Lipinski definition) is 2. The van der Waals surface area contributed by atoms with Crippen molar-refractivity contribution in [3.8, 4) is 0 Å². The van der Waals surface area contributed by atoms with Crippen molar-refractivity contribution in [2.45, 2.75) is 52.1 Å². The second kappa shape index (κ2) is 5.74. The van der Waals surface area contributed by atoms with Gasteiger partial charge in [-0.1, -0.05) is 18.2 Å². The molecule has 1 aromatic carbocycles. The molecule has 0 amide bonds. The van der Waals surface area contributed by atoms with E-state index in [1.54, 1.807) is 0 Å². The monoisotopic (exact) mass is 261 g/mol. The Morgan fingerprint density at radius 1 is 1.37 bits per heavy atom. The molecular formula is C16H23NO2. The highest BCUT2D eigenvalue weighted by molar-refractivity contribution is 5.66. The number of carboxylic acids is 1. The first-order valence-corrected chi connectivity index (χ1v) is 7.03. The Kier molecular flexibility index (Phi) is 4.25. The highest BCUT2D eigenvalue weighted by Crippen LogP contribution is 2.34. The summed E-state index contributed by atoms with van der Waals surface area (Å²) in [6.45, 7) is 7.08. The second-order valence-electron chi connectivity index (χ2n) is 5.63. The molecule has 104 valence electrons. The van der Waals surface area contributed by atoms with Gasteiger partial charge >= 0.3 is 5.97 Å². The molecule has 3 nitrogen and oxygen atoms in total. The molecule has 1 aliphatic rings. The van der Waals surface area contributed by atoms with Gasteiger partial charge in [-0.15, -0.1) is 0 Å². The summed E-state index contributed by atoms with van der Waals surface area (Å²) >= 11 is 0. The molecule has 2 rings (SSSR count). The van der Waals surface area contributed by atoms with Crippen molar-refractivity contribution < 1.29 is 9.90 Å². The third-order valence-corrected chi connectivity index (χ3v) is 4.11. The van der Waals surface area contributed by atoms with Gasteiger partial charge in [-0.05, 0) is 50.3 Å². The zero-order valence-electron chi connectivity index (χ0n) is 12.0. The molecule has 1 aromatic rings. The smallest absolute Gasteiger partial charge is 0.304 e. The van der Waals surface area contributed by atoms with E-state index in [1.165, 1.54) is 29.5 Å². The molecule has 1 aliphatic carbocycles. The topological polar surface area (TPSA) is 40.5 Å². The summed E-state index contributed by atoms with van der Waals surface area (Å²) in [5.41, 5.74) is 3.90. The normalized spacial score (nSPS) is 16.6. The lowest BCUT2D eigenvalue weighted by atomic mass is 10.0. The Hall–Kier alpha value is -1.35. The van der Waals surface area contributed by atoms with Crippen LogP contribution in [0.1, 0.15) is 48.9 Å². The van der Waals surface area contributed by atoms with Crippen LogP contribution in [0.2, 0.25) is 0 Å². The van der Waals surface area contributed by atoms with Crippen molar-refractivity contribution in [1.82, 2.24) is 4.90 Å². The summed E-state index contributed by atoms with van der Waals surface area (Å²) in [5, 5.41) is 8.87. The summed E-state index contributed by atoms with van der Waals surface area (Å²) in [6.07, 6.45) is 2.63. The summed E-state index contributed by atoms with van der Waals surface area (Å²) in [4.78, 5) is 13.1. The highest BCUT2D eigenvalue weighted by atomic mass is 16.4. The average molecular weight is 261 g/mol. The molecule has 1 saturated carbocycles. The second-order valence-corrected chi connectivity index (χ2v) is 5.63. The fourth-order valence-corrected chi connectivity index (χ4v) is 2.54. The van der Waals surface area contributed by atoms with E-state index in [0.29, 0.717) is 18.6 Å². The molecule has 1 fully saturated rings. The number of benzene rings is 1. The molecule has 0 radical (unpaired) electrons. The van der Waals surface area contributed by atoms with Gasteiger partial charge in [-0.2, -0.15) is 0 Å². The van der Waals surface area contributed by atoms with Gasteiger partial charge < -0.3 is 5.11 Å². The molecule has 0 spiro atoms. The van der Waals surface area contributed by atoms with Crippen LogP contribution < -0.4 is 0 Å². The van der Waals surface area contributed by atoms with E-state index in [-0.39, 0.29) is 6.42 Å². The zero-order chi connectivity index (χ0) is 14.0. The number of carboxylic acid groups (broad SMARTS) is 1. The fraction of sp³-hybridized carbons (Fsp3) is 0.562. The summed E-state index contributed by atoms with van der Waals surface area (Å²) in [7, 11) is 0. The van der Waals surface area contributed by atoms with Crippen LogP contribution in [0.4, 0.5) is 0 Å². The Morgan fingerprint density at radius 3 is 2.58 bits per heavy atom. The first kappa shape index (κ1) is 14.1. The quantitative estimate of drug-likeness (QED) is 0.854. The highest BCUT2D eigenvalue weighted by Gasteiger charge is 2.32. The summed E-state index contributed by atoms with van der Waals surface area (Å²) in [6, 6.07) is 7.44. The predicted molar refractivity (Wildman–Crippen MR) is 76.3 cm³/mol. The Labute approximate surface area is 115 Å². The van der Waals surface area contributed by atoms with Gasteiger partial charge in [0, 0.05) is 18.6 Å². The molecule has 3 heteroatoms. The predicted octanol–water partition coefficient (Wildman–Crippen LogP) is 3.30. The van der Waals surface area contributed by atoms with Crippen LogP contribution in [-0.4, -0.2) is 28.6 Å². The van der Waals surface area contributed by atoms with Crippen LogP contribution in [0.5, 0.6) is 0 Å². The van der Waals surface area contributed by atoms with Crippen molar-refractivity contribution in [3.05, 3.63) is 34.9 Å². The van der Waals surface area contributed by atoms with Crippen molar-refractivity contribution >= 4 is 5.97 Å². The summed E-state index contributed by atoms with van der Waals surface area (Å²) in [5.74, 6) is -0.710. The van der Waals surface area contributed by atoms with Crippen molar-refractivity contribution in [1.29, 1.82) is 0 Å². The van der Waals surface area contributed by atoms with Gasteiger partial charge in [0.25, 0.3) is 0 Å². The largest absolute Gasteiger partial charge is 0.481 e.